The van der Waals surface area contributed by atoms with Gasteiger partial charge in [0.25, 0.3) is 0 Å². The molecule has 0 bridgehead atoms. The highest BCUT2D eigenvalue weighted by molar-refractivity contribution is 7.89. The lowest BCUT2D eigenvalue weighted by molar-refractivity contribution is 0.580. The smallest absolute Gasteiger partial charge is 0.240 e. The SMILES string of the molecule is Cc1cc(S(=O)(=O)NCc2ccncn2)ccc1C#N. The van der Waals surface area contributed by atoms with E-state index in [1.54, 1.807) is 19.2 Å². The molecule has 0 unspecified atom stereocenters. The van der Waals surface area contributed by atoms with Gasteiger partial charge in [0.15, 0.2) is 0 Å². The summed E-state index contributed by atoms with van der Waals surface area (Å²) >= 11 is 0. The number of rotatable bonds is 4. The fourth-order valence-corrected chi connectivity index (χ4v) is 2.69. The third-order valence-electron chi connectivity index (χ3n) is 2.72. The average Bonchev–Trinajstić information content (AvgIpc) is 2.46. The van der Waals surface area contributed by atoms with Gasteiger partial charge in [-0.05, 0) is 36.8 Å². The van der Waals surface area contributed by atoms with Crippen LogP contribution in [0.15, 0.2) is 41.7 Å². The van der Waals surface area contributed by atoms with Crippen LogP contribution in [-0.2, 0) is 16.6 Å². The van der Waals surface area contributed by atoms with Crippen molar-refractivity contribution in [2.24, 2.45) is 0 Å². The molecule has 0 saturated heterocycles. The summed E-state index contributed by atoms with van der Waals surface area (Å²) in [6.07, 6.45) is 2.90. The number of sulfonamides is 1. The van der Waals surface area contributed by atoms with Gasteiger partial charge in [-0.1, -0.05) is 0 Å². The van der Waals surface area contributed by atoms with Crippen LogP contribution in [0.1, 0.15) is 16.8 Å². The van der Waals surface area contributed by atoms with Crippen molar-refractivity contribution in [1.29, 1.82) is 5.26 Å². The summed E-state index contributed by atoms with van der Waals surface area (Å²) in [6.45, 7) is 1.78. The van der Waals surface area contributed by atoms with Crippen LogP contribution in [0.25, 0.3) is 0 Å². The molecular formula is C13H12N4O2S. The van der Waals surface area contributed by atoms with Crippen molar-refractivity contribution in [3.05, 3.63) is 53.6 Å². The molecule has 6 nitrogen and oxygen atoms in total. The minimum atomic E-state index is -3.63. The summed E-state index contributed by atoms with van der Waals surface area (Å²) in [4.78, 5) is 7.83. The molecule has 0 aliphatic carbocycles. The topological polar surface area (TPSA) is 95.7 Å². The monoisotopic (exact) mass is 288 g/mol. The molecule has 20 heavy (non-hydrogen) atoms. The molecule has 7 heteroatoms. The Balaban J connectivity index is 2.19. The number of benzene rings is 1. The van der Waals surface area contributed by atoms with Gasteiger partial charge in [0.2, 0.25) is 10.0 Å². The molecule has 0 aliphatic rings. The molecule has 1 aromatic carbocycles. The third kappa shape index (κ3) is 3.17. The first-order valence-electron chi connectivity index (χ1n) is 5.78. The van der Waals surface area contributed by atoms with E-state index in [0.717, 1.165) is 0 Å². The van der Waals surface area contributed by atoms with Crippen molar-refractivity contribution in [2.75, 3.05) is 0 Å². The average molecular weight is 288 g/mol. The fraction of sp³-hybridized carbons (Fsp3) is 0.154. The van der Waals surface area contributed by atoms with E-state index in [4.69, 9.17) is 5.26 Å². The Morgan fingerprint density at radius 3 is 2.75 bits per heavy atom. The van der Waals surface area contributed by atoms with Gasteiger partial charge in [-0.3, -0.25) is 0 Å². The van der Waals surface area contributed by atoms with E-state index in [9.17, 15) is 8.42 Å². The normalized spacial score (nSPS) is 11.0. The lowest BCUT2D eigenvalue weighted by Crippen LogP contribution is -2.23. The Bertz CT molecular complexity index is 752. The maximum absolute atomic E-state index is 12.1. The molecule has 1 aromatic heterocycles. The summed E-state index contributed by atoms with van der Waals surface area (Å²) in [5.74, 6) is 0. The second kappa shape index (κ2) is 5.77. The fourth-order valence-electron chi connectivity index (χ4n) is 1.60. The summed E-state index contributed by atoms with van der Waals surface area (Å²) in [5, 5.41) is 8.83. The van der Waals surface area contributed by atoms with E-state index >= 15 is 0 Å². The molecule has 2 aromatic rings. The number of aromatic nitrogens is 2. The lowest BCUT2D eigenvalue weighted by atomic mass is 10.1. The molecule has 1 N–H and O–H groups in total. The molecule has 0 aliphatic heterocycles. The maximum Gasteiger partial charge on any atom is 0.240 e. The van der Waals surface area contributed by atoms with E-state index in [2.05, 4.69) is 14.7 Å². The van der Waals surface area contributed by atoms with Crippen molar-refractivity contribution in [3.8, 4) is 6.07 Å². The minimum absolute atomic E-state index is 0.0872. The Labute approximate surface area is 117 Å². The highest BCUT2D eigenvalue weighted by atomic mass is 32.2. The summed E-state index contributed by atoms with van der Waals surface area (Å²) in [7, 11) is -3.63. The van der Waals surface area contributed by atoms with E-state index in [0.29, 0.717) is 16.8 Å². The summed E-state index contributed by atoms with van der Waals surface area (Å²) in [5.41, 5.74) is 1.66. The van der Waals surface area contributed by atoms with Crippen LogP contribution in [0.3, 0.4) is 0 Å². The zero-order valence-corrected chi connectivity index (χ0v) is 11.6. The zero-order chi connectivity index (χ0) is 14.6. The number of nitriles is 1. The molecule has 0 saturated carbocycles. The molecule has 0 spiro atoms. The van der Waals surface area contributed by atoms with Crippen molar-refractivity contribution in [1.82, 2.24) is 14.7 Å². The van der Waals surface area contributed by atoms with E-state index < -0.39 is 10.0 Å². The van der Waals surface area contributed by atoms with Crippen LogP contribution in [0.5, 0.6) is 0 Å². The number of nitrogens with one attached hydrogen (secondary N) is 1. The molecule has 0 amide bonds. The van der Waals surface area contributed by atoms with Crippen molar-refractivity contribution in [3.63, 3.8) is 0 Å². The second-order valence-electron chi connectivity index (χ2n) is 4.11. The maximum atomic E-state index is 12.1. The first-order valence-corrected chi connectivity index (χ1v) is 7.26. The van der Waals surface area contributed by atoms with Crippen LogP contribution < -0.4 is 4.72 Å². The first kappa shape index (κ1) is 14.1. The Hall–Kier alpha value is -2.30. The summed E-state index contributed by atoms with van der Waals surface area (Å²) in [6, 6.07) is 8.01. The standard InChI is InChI=1S/C13H12N4O2S/c1-10-6-13(3-2-11(10)7-14)20(18,19)17-8-12-4-5-15-9-16-12/h2-6,9,17H,8H2,1H3. The molecule has 102 valence electrons. The van der Waals surface area contributed by atoms with Crippen molar-refractivity contribution in [2.45, 2.75) is 18.4 Å². The minimum Gasteiger partial charge on any atom is -0.245 e. The largest absolute Gasteiger partial charge is 0.245 e. The zero-order valence-electron chi connectivity index (χ0n) is 10.7. The summed E-state index contributed by atoms with van der Waals surface area (Å²) < 4.78 is 26.7. The van der Waals surface area contributed by atoms with Crippen LogP contribution in [0.4, 0.5) is 0 Å². The van der Waals surface area contributed by atoms with Crippen molar-refractivity contribution >= 4 is 10.0 Å². The Morgan fingerprint density at radius 1 is 1.35 bits per heavy atom. The van der Waals surface area contributed by atoms with Gasteiger partial charge < -0.3 is 0 Å². The van der Waals surface area contributed by atoms with E-state index in [1.165, 1.54) is 24.5 Å². The number of hydrogen-bond acceptors (Lipinski definition) is 5. The van der Waals surface area contributed by atoms with Gasteiger partial charge in [-0.2, -0.15) is 5.26 Å². The Morgan fingerprint density at radius 2 is 2.15 bits per heavy atom. The number of nitrogens with zero attached hydrogens (tertiary/aromatic N) is 3. The van der Waals surface area contributed by atoms with Gasteiger partial charge >= 0.3 is 0 Å². The van der Waals surface area contributed by atoms with E-state index in [1.807, 2.05) is 6.07 Å². The molecule has 1 heterocycles. The second-order valence-corrected chi connectivity index (χ2v) is 5.88. The predicted molar refractivity (Wildman–Crippen MR) is 72.0 cm³/mol. The van der Waals surface area contributed by atoms with E-state index in [-0.39, 0.29) is 11.4 Å². The van der Waals surface area contributed by atoms with Crippen LogP contribution in [0, 0.1) is 18.3 Å². The molecule has 2 rings (SSSR count). The molecular weight excluding hydrogens is 276 g/mol. The lowest BCUT2D eigenvalue weighted by Gasteiger charge is -2.07. The first-order chi connectivity index (χ1) is 9.53. The molecule has 0 atom stereocenters. The number of aryl methyl sites for hydroxylation is 1. The van der Waals surface area contributed by atoms with Gasteiger partial charge in [0.1, 0.15) is 6.33 Å². The third-order valence-corrected chi connectivity index (χ3v) is 4.11. The Kier molecular flexibility index (Phi) is 4.08. The highest BCUT2D eigenvalue weighted by Crippen LogP contribution is 2.14. The van der Waals surface area contributed by atoms with Crippen LogP contribution >= 0.6 is 0 Å². The predicted octanol–water partition coefficient (Wildman–Crippen LogP) is 1.14. The number of hydrogen-bond donors (Lipinski definition) is 1. The van der Waals surface area contributed by atoms with Gasteiger partial charge in [-0.25, -0.2) is 23.1 Å². The molecule has 0 radical (unpaired) electrons. The van der Waals surface area contributed by atoms with Gasteiger partial charge in [0.05, 0.1) is 28.8 Å². The molecule has 0 fully saturated rings. The van der Waals surface area contributed by atoms with Crippen molar-refractivity contribution < 1.29 is 8.42 Å². The quantitative estimate of drug-likeness (QED) is 0.910. The van der Waals surface area contributed by atoms with Gasteiger partial charge in [-0.15, -0.1) is 0 Å². The van der Waals surface area contributed by atoms with Crippen LogP contribution in [0.2, 0.25) is 0 Å². The van der Waals surface area contributed by atoms with Crippen LogP contribution in [-0.4, -0.2) is 18.4 Å². The van der Waals surface area contributed by atoms with Gasteiger partial charge in [0, 0.05) is 6.20 Å². The highest BCUT2D eigenvalue weighted by Gasteiger charge is 2.15.